The molecular weight excluding hydrogens is 480 g/mol. The molecule has 3 atom stereocenters. The molecule has 30 heavy (non-hydrogen) atoms. The molecule has 1 aliphatic rings. The maximum atomic E-state index is 13.4. The van der Waals surface area contributed by atoms with Crippen LogP contribution < -0.4 is 0 Å². The zero-order chi connectivity index (χ0) is 24.1. The standard InChI is InChI=1S/C12H8F16O2/c13-4(5(14)30-2-3-1-29-3)7(17,18)9(21,22)11(25,26)12(27,28)10(23,24)8(19,20)6(15)16/h3-6H,1-2H2. The van der Waals surface area contributed by atoms with Gasteiger partial charge in [0.15, 0.2) is 0 Å². The van der Waals surface area contributed by atoms with E-state index in [4.69, 9.17) is 0 Å². The first-order valence-corrected chi connectivity index (χ1v) is 7.17. The number of ether oxygens (including phenoxy) is 2. The summed E-state index contributed by atoms with van der Waals surface area (Å²) in [5, 5.41) is 0. The van der Waals surface area contributed by atoms with Gasteiger partial charge in [-0.2, -0.15) is 52.7 Å². The third-order valence-electron chi connectivity index (χ3n) is 3.71. The minimum atomic E-state index is -8.30. The van der Waals surface area contributed by atoms with E-state index in [-0.39, 0.29) is 6.61 Å². The zero-order valence-electron chi connectivity index (χ0n) is 13.6. The van der Waals surface area contributed by atoms with Crippen LogP contribution in [-0.2, 0) is 9.47 Å². The minimum Gasteiger partial charge on any atom is -0.371 e. The van der Waals surface area contributed by atoms with Gasteiger partial charge in [-0.3, -0.25) is 0 Å². The molecule has 2 nitrogen and oxygen atoms in total. The quantitative estimate of drug-likeness (QED) is 0.298. The fourth-order valence-corrected chi connectivity index (χ4v) is 1.74. The van der Waals surface area contributed by atoms with E-state index in [0.29, 0.717) is 0 Å². The second-order valence-corrected chi connectivity index (χ2v) is 5.89. The lowest BCUT2D eigenvalue weighted by Gasteiger charge is -2.41. The van der Waals surface area contributed by atoms with Crippen LogP contribution in [0.3, 0.4) is 0 Å². The summed E-state index contributed by atoms with van der Waals surface area (Å²) in [4.78, 5) is 0. The highest BCUT2D eigenvalue weighted by atomic mass is 19.4. The normalized spacial score (nSPS) is 21.7. The number of hydrogen-bond acceptors (Lipinski definition) is 2. The van der Waals surface area contributed by atoms with Crippen LogP contribution in [0.4, 0.5) is 70.2 Å². The molecule has 0 spiro atoms. The van der Waals surface area contributed by atoms with E-state index in [0.717, 1.165) is 0 Å². The summed E-state index contributed by atoms with van der Waals surface area (Å²) in [5.41, 5.74) is 0. The molecule has 1 aliphatic heterocycles. The Labute approximate surface area is 155 Å². The van der Waals surface area contributed by atoms with E-state index < -0.39 is 67.2 Å². The Bertz CT molecular complexity index is 601. The van der Waals surface area contributed by atoms with Crippen molar-refractivity contribution in [2.75, 3.05) is 13.2 Å². The van der Waals surface area contributed by atoms with Crippen LogP contribution in [0.5, 0.6) is 0 Å². The maximum Gasteiger partial charge on any atom is 0.384 e. The smallest absolute Gasteiger partial charge is 0.371 e. The number of epoxide rings is 1. The molecule has 0 aliphatic carbocycles. The minimum absolute atomic E-state index is 0.200. The van der Waals surface area contributed by atoms with E-state index >= 15 is 0 Å². The lowest BCUT2D eigenvalue weighted by atomic mass is 9.90. The second-order valence-electron chi connectivity index (χ2n) is 5.89. The van der Waals surface area contributed by atoms with Crippen molar-refractivity contribution in [1.29, 1.82) is 0 Å². The van der Waals surface area contributed by atoms with Crippen molar-refractivity contribution in [1.82, 2.24) is 0 Å². The van der Waals surface area contributed by atoms with E-state index in [1.54, 1.807) is 0 Å². The molecule has 0 N–H and O–H groups in total. The molecule has 1 rings (SSSR count). The first kappa shape index (κ1) is 26.8. The molecule has 18 heteroatoms. The van der Waals surface area contributed by atoms with Gasteiger partial charge in [0.05, 0.1) is 13.2 Å². The summed E-state index contributed by atoms with van der Waals surface area (Å²) in [7, 11) is 0. The Morgan fingerprint density at radius 2 is 1.03 bits per heavy atom. The maximum absolute atomic E-state index is 13.4. The van der Waals surface area contributed by atoms with Gasteiger partial charge in [0.25, 0.3) is 0 Å². The van der Waals surface area contributed by atoms with Gasteiger partial charge >= 0.3 is 42.0 Å². The van der Waals surface area contributed by atoms with Crippen molar-refractivity contribution in [3.8, 4) is 0 Å². The molecule has 0 aromatic heterocycles. The average molecular weight is 488 g/mol. The molecule has 1 heterocycles. The van der Waals surface area contributed by atoms with Crippen molar-refractivity contribution in [3.63, 3.8) is 0 Å². The molecule has 1 fully saturated rings. The third kappa shape index (κ3) is 3.88. The second kappa shape index (κ2) is 7.74. The van der Waals surface area contributed by atoms with Crippen molar-refractivity contribution < 1.29 is 79.7 Å². The average Bonchev–Trinajstić information content (AvgIpc) is 3.42. The number of rotatable bonds is 11. The van der Waals surface area contributed by atoms with Crippen molar-refractivity contribution in [2.45, 2.75) is 60.6 Å². The molecular formula is C12H8F16O2. The van der Waals surface area contributed by atoms with E-state index in [9.17, 15) is 70.2 Å². The van der Waals surface area contributed by atoms with Crippen LogP contribution in [0.15, 0.2) is 0 Å². The summed E-state index contributed by atoms with van der Waals surface area (Å²) in [6, 6.07) is 0. The highest BCUT2D eigenvalue weighted by Gasteiger charge is 2.92. The molecule has 0 aromatic rings. The lowest BCUT2D eigenvalue weighted by Crippen LogP contribution is -2.73. The number of alkyl halides is 16. The summed E-state index contributed by atoms with van der Waals surface area (Å²) in [6.45, 7) is -1.30. The molecule has 180 valence electrons. The number of halogens is 16. The predicted octanol–water partition coefficient (Wildman–Crippen LogP) is 5.11. The van der Waals surface area contributed by atoms with Crippen molar-refractivity contribution in [3.05, 3.63) is 0 Å². The Balaban J connectivity index is 3.31. The highest BCUT2D eigenvalue weighted by Crippen LogP contribution is 2.61. The van der Waals surface area contributed by atoms with Crippen LogP contribution >= 0.6 is 0 Å². The Kier molecular flexibility index (Phi) is 6.92. The Hall–Kier alpha value is -1.20. The highest BCUT2D eigenvalue weighted by molar-refractivity contribution is 5.13. The first-order valence-electron chi connectivity index (χ1n) is 7.17. The molecule has 3 unspecified atom stereocenters. The van der Waals surface area contributed by atoms with E-state index in [1.165, 1.54) is 0 Å². The van der Waals surface area contributed by atoms with Gasteiger partial charge in [0.1, 0.15) is 6.10 Å². The van der Waals surface area contributed by atoms with Crippen molar-refractivity contribution >= 4 is 0 Å². The fraction of sp³-hybridized carbons (Fsp3) is 1.00. The monoisotopic (exact) mass is 488 g/mol. The molecule has 0 bridgehead atoms. The van der Waals surface area contributed by atoms with Crippen LogP contribution in [-0.4, -0.2) is 73.8 Å². The van der Waals surface area contributed by atoms with Gasteiger partial charge in [-0.25, -0.2) is 17.6 Å². The third-order valence-corrected chi connectivity index (χ3v) is 3.71. The van der Waals surface area contributed by atoms with Gasteiger partial charge in [-0.05, 0) is 0 Å². The molecule has 0 radical (unpaired) electrons. The topological polar surface area (TPSA) is 21.8 Å². The summed E-state index contributed by atoms with van der Waals surface area (Å²) in [5.74, 6) is -47.3. The molecule has 0 amide bonds. The van der Waals surface area contributed by atoms with Crippen LogP contribution in [0.25, 0.3) is 0 Å². The van der Waals surface area contributed by atoms with Gasteiger partial charge in [0, 0.05) is 0 Å². The van der Waals surface area contributed by atoms with Crippen LogP contribution in [0.2, 0.25) is 0 Å². The SMILES string of the molecule is FC(OCC1CO1)C(F)C(F)(F)C(F)(F)C(F)(F)C(F)(F)C(F)(F)C(F)(F)C(F)F. The number of hydrogen-bond donors (Lipinski definition) is 0. The van der Waals surface area contributed by atoms with Gasteiger partial charge < -0.3 is 9.47 Å². The Morgan fingerprint density at radius 3 is 1.37 bits per heavy atom. The summed E-state index contributed by atoms with van der Waals surface area (Å²) < 4.78 is 216. The van der Waals surface area contributed by atoms with Crippen LogP contribution in [0, 0.1) is 0 Å². The Morgan fingerprint density at radius 1 is 0.667 bits per heavy atom. The van der Waals surface area contributed by atoms with Crippen molar-refractivity contribution in [2.24, 2.45) is 0 Å². The van der Waals surface area contributed by atoms with E-state index in [1.807, 2.05) is 0 Å². The first-order chi connectivity index (χ1) is 13.1. The van der Waals surface area contributed by atoms with Gasteiger partial charge in [-0.1, -0.05) is 0 Å². The van der Waals surface area contributed by atoms with Gasteiger partial charge in [-0.15, -0.1) is 0 Å². The summed E-state index contributed by atoms with van der Waals surface area (Å²) in [6.07, 6.45) is -16.3. The largest absolute Gasteiger partial charge is 0.384 e. The predicted molar refractivity (Wildman–Crippen MR) is 61.2 cm³/mol. The summed E-state index contributed by atoms with van der Waals surface area (Å²) >= 11 is 0. The zero-order valence-corrected chi connectivity index (χ0v) is 13.6. The molecule has 1 saturated heterocycles. The molecule has 0 aromatic carbocycles. The van der Waals surface area contributed by atoms with E-state index in [2.05, 4.69) is 9.47 Å². The fourth-order valence-electron chi connectivity index (χ4n) is 1.74. The van der Waals surface area contributed by atoms with Gasteiger partial charge in [0.2, 0.25) is 12.5 Å². The lowest BCUT2D eigenvalue weighted by molar-refractivity contribution is -0.438. The molecule has 0 saturated carbocycles. The van der Waals surface area contributed by atoms with Crippen LogP contribution in [0.1, 0.15) is 0 Å².